The minimum atomic E-state index is 0.463. The molecule has 0 bridgehead atoms. The highest BCUT2D eigenvalue weighted by atomic mass is 16.5. The second kappa shape index (κ2) is 6.91. The molecular formula is C18H29N3O2. The zero-order valence-electron chi connectivity index (χ0n) is 14.2. The first-order chi connectivity index (χ1) is 11.3. The predicted octanol–water partition coefficient (Wildman–Crippen LogP) is 2.27. The SMILES string of the molecule is CN1Cc2ncn(CC3CC3)c2C(COCC2CCOCC2)C1. The molecule has 1 saturated heterocycles. The third-order valence-electron chi connectivity index (χ3n) is 5.46. The average Bonchev–Trinajstić information content (AvgIpc) is 3.28. The van der Waals surface area contributed by atoms with Gasteiger partial charge in [0.2, 0.25) is 0 Å². The van der Waals surface area contributed by atoms with Crippen molar-refractivity contribution in [3.8, 4) is 0 Å². The van der Waals surface area contributed by atoms with Crippen molar-refractivity contribution < 1.29 is 9.47 Å². The fraction of sp³-hybridized carbons (Fsp3) is 0.833. The number of fused-ring (bicyclic) bond motifs is 1. The molecule has 1 aromatic heterocycles. The molecule has 5 nitrogen and oxygen atoms in total. The van der Waals surface area contributed by atoms with Crippen LogP contribution in [0.15, 0.2) is 6.33 Å². The fourth-order valence-electron chi connectivity index (χ4n) is 3.95. The second-order valence-corrected chi connectivity index (χ2v) is 7.66. The van der Waals surface area contributed by atoms with Crippen molar-refractivity contribution in [2.75, 3.05) is 40.0 Å². The lowest BCUT2D eigenvalue weighted by Gasteiger charge is -2.31. The summed E-state index contributed by atoms with van der Waals surface area (Å²) in [6.45, 7) is 6.72. The molecule has 0 amide bonds. The van der Waals surface area contributed by atoms with Gasteiger partial charge in [0.1, 0.15) is 0 Å². The van der Waals surface area contributed by atoms with Crippen molar-refractivity contribution >= 4 is 0 Å². The number of aromatic nitrogens is 2. The molecule has 1 saturated carbocycles. The second-order valence-electron chi connectivity index (χ2n) is 7.66. The van der Waals surface area contributed by atoms with E-state index < -0.39 is 0 Å². The van der Waals surface area contributed by atoms with Crippen LogP contribution in [0, 0.1) is 11.8 Å². The maximum Gasteiger partial charge on any atom is 0.0952 e. The molecule has 128 valence electrons. The zero-order chi connectivity index (χ0) is 15.6. The first kappa shape index (κ1) is 15.6. The van der Waals surface area contributed by atoms with Gasteiger partial charge in [0, 0.05) is 51.1 Å². The first-order valence-corrected chi connectivity index (χ1v) is 9.17. The number of nitrogens with zero attached hydrogens (tertiary/aromatic N) is 3. The van der Waals surface area contributed by atoms with Crippen LogP contribution in [-0.2, 0) is 22.6 Å². The van der Waals surface area contributed by atoms with Gasteiger partial charge in [-0.1, -0.05) is 0 Å². The van der Waals surface area contributed by atoms with Crippen LogP contribution in [0.25, 0.3) is 0 Å². The third-order valence-corrected chi connectivity index (χ3v) is 5.46. The summed E-state index contributed by atoms with van der Waals surface area (Å²) < 4.78 is 14.0. The van der Waals surface area contributed by atoms with Crippen LogP contribution < -0.4 is 0 Å². The van der Waals surface area contributed by atoms with Gasteiger partial charge in [-0.25, -0.2) is 4.98 Å². The topological polar surface area (TPSA) is 39.5 Å². The normalized spacial score (nSPS) is 26.4. The average molecular weight is 319 g/mol. The smallest absolute Gasteiger partial charge is 0.0952 e. The lowest BCUT2D eigenvalue weighted by molar-refractivity contribution is 0.0137. The Balaban J connectivity index is 1.38. The summed E-state index contributed by atoms with van der Waals surface area (Å²) in [5, 5.41) is 0. The van der Waals surface area contributed by atoms with E-state index in [1.54, 1.807) is 0 Å². The highest BCUT2D eigenvalue weighted by Gasteiger charge is 2.31. The lowest BCUT2D eigenvalue weighted by Crippen LogP contribution is -2.34. The number of likely N-dealkylation sites (N-methyl/N-ethyl adjacent to an activating group) is 1. The number of imidazole rings is 1. The monoisotopic (exact) mass is 319 g/mol. The van der Waals surface area contributed by atoms with Crippen molar-refractivity contribution in [3.63, 3.8) is 0 Å². The quantitative estimate of drug-likeness (QED) is 0.806. The van der Waals surface area contributed by atoms with E-state index in [1.807, 2.05) is 0 Å². The Morgan fingerprint density at radius 1 is 1.17 bits per heavy atom. The number of hydrogen-bond acceptors (Lipinski definition) is 4. The van der Waals surface area contributed by atoms with Gasteiger partial charge in [-0.2, -0.15) is 0 Å². The van der Waals surface area contributed by atoms with Crippen LogP contribution in [0.2, 0.25) is 0 Å². The summed E-state index contributed by atoms with van der Waals surface area (Å²) >= 11 is 0. The summed E-state index contributed by atoms with van der Waals surface area (Å²) in [6.07, 6.45) is 7.13. The molecule has 0 spiro atoms. The van der Waals surface area contributed by atoms with E-state index in [-0.39, 0.29) is 0 Å². The Morgan fingerprint density at radius 3 is 2.78 bits per heavy atom. The van der Waals surface area contributed by atoms with Crippen LogP contribution in [0.4, 0.5) is 0 Å². The molecule has 2 fully saturated rings. The highest BCUT2D eigenvalue weighted by molar-refractivity contribution is 5.22. The molecule has 5 heteroatoms. The van der Waals surface area contributed by atoms with Crippen molar-refractivity contribution in [2.45, 2.75) is 44.7 Å². The van der Waals surface area contributed by atoms with Crippen LogP contribution >= 0.6 is 0 Å². The highest BCUT2D eigenvalue weighted by Crippen LogP contribution is 2.34. The van der Waals surface area contributed by atoms with Crippen LogP contribution in [0.3, 0.4) is 0 Å². The molecule has 3 heterocycles. The molecule has 1 aromatic rings. The number of hydrogen-bond donors (Lipinski definition) is 0. The summed E-state index contributed by atoms with van der Waals surface area (Å²) in [5.41, 5.74) is 2.71. The third kappa shape index (κ3) is 3.78. The van der Waals surface area contributed by atoms with Gasteiger partial charge in [-0.15, -0.1) is 0 Å². The Morgan fingerprint density at radius 2 is 2.00 bits per heavy atom. The zero-order valence-corrected chi connectivity index (χ0v) is 14.2. The Kier molecular flexibility index (Phi) is 4.69. The summed E-state index contributed by atoms with van der Waals surface area (Å²) in [6, 6.07) is 0. The largest absolute Gasteiger partial charge is 0.381 e. The molecule has 4 rings (SSSR count). The maximum atomic E-state index is 6.14. The molecule has 1 aliphatic carbocycles. The van der Waals surface area contributed by atoms with Gasteiger partial charge in [0.15, 0.2) is 0 Å². The number of rotatable bonds is 6. The van der Waals surface area contributed by atoms with Crippen LogP contribution in [0.5, 0.6) is 0 Å². The van der Waals surface area contributed by atoms with E-state index in [4.69, 9.17) is 9.47 Å². The van der Waals surface area contributed by atoms with E-state index in [1.165, 1.54) is 24.2 Å². The minimum absolute atomic E-state index is 0.463. The van der Waals surface area contributed by atoms with Gasteiger partial charge in [-0.05, 0) is 44.6 Å². The first-order valence-electron chi connectivity index (χ1n) is 9.17. The maximum absolute atomic E-state index is 6.14. The van der Waals surface area contributed by atoms with Gasteiger partial charge in [0.25, 0.3) is 0 Å². The van der Waals surface area contributed by atoms with E-state index in [0.717, 1.165) is 64.8 Å². The molecule has 23 heavy (non-hydrogen) atoms. The minimum Gasteiger partial charge on any atom is -0.381 e. The molecule has 0 N–H and O–H groups in total. The molecule has 3 aliphatic rings. The summed E-state index contributed by atoms with van der Waals surface area (Å²) in [7, 11) is 2.19. The van der Waals surface area contributed by atoms with E-state index in [0.29, 0.717) is 11.8 Å². The van der Waals surface area contributed by atoms with Gasteiger partial charge in [0.05, 0.1) is 18.6 Å². The summed E-state index contributed by atoms with van der Waals surface area (Å²) in [4.78, 5) is 7.06. The Hall–Kier alpha value is -0.910. The predicted molar refractivity (Wildman–Crippen MR) is 88.4 cm³/mol. The van der Waals surface area contributed by atoms with E-state index in [9.17, 15) is 0 Å². The van der Waals surface area contributed by atoms with Crippen LogP contribution in [-0.4, -0.2) is 54.5 Å². The number of ether oxygens (including phenoxy) is 2. The van der Waals surface area contributed by atoms with Crippen molar-refractivity contribution in [3.05, 3.63) is 17.7 Å². The van der Waals surface area contributed by atoms with Gasteiger partial charge >= 0.3 is 0 Å². The van der Waals surface area contributed by atoms with Crippen LogP contribution in [0.1, 0.15) is 43.0 Å². The lowest BCUT2D eigenvalue weighted by atomic mass is 9.98. The van der Waals surface area contributed by atoms with Gasteiger partial charge < -0.3 is 14.0 Å². The molecular weight excluding hydrogens is 290 g/mol. The molecule has 0 aromatic carbocycles. The van der Waals surface area contributed by atoms with Crippen molar-refractivity contribution in [2.24, 2.45) is 11.8 Å². The van der Waals surface area contributed by atoms with Gasteiger partial charge in [-0.3, -0.25) is 4.90 Å². The molecule has 1 atom stereocenters. The summed E-state index contributed by atoms with van der Waals surface area (Å²) in [5.74, 6) is 2.03. The molecule has 0 radical (unpaired) electrons. The molecule has 1 unspecified atom stereocenters. The standard InChI is InChI=1S/C18H29N3O2/c1-20-9-16(12-23-11-15-4-6-22-7-5-15)18-17(10-20)19-13-21(18)8-14-2-3-14/h13-16H,2-12H2,1H3. The Labute approximate surface area is 139 Å². The van der Waals surface area contributed by atoms with Crippen molar-refractivity contribution in [1.29, 1.82) is 0 Å². The fourth-order valence-corrected chi connectivity index (χ4v) is 3.95. The van der Waals surface area contributed by atoms with E-state index >= 15 is 0 Å². The molecule has 2 aliphatic heterocycles. The Bertz CT molecular complexity index is 520. The van der Waals surface area contributed by atoms with Crippen molar-refractivity contribution in [1.82, 2.24) is 14.5 Å². The van der Waals surface area contributed by atoms with E-state index in [2.05, 4.69) is 27.8 Å².